The number of nitrogens with zero attached hydrogens (tertiary/aromatic N) is 3. The van der Waals surface area contributed by atoms with E-state index in [1.165, 1.54) is 54.8 Å². The maximum Gasteiger partial charge on any atom is 0.200 e. The molecule has 0 spiro atoms. The van der Waals surface area contributed by atoms with Gasteiger partial charge in [-0.25, -0.2) is 4.99 Å². The second kappa shape index (κ2) is 11.5. The fraction of sp³-hybridized carbons (Fsp3) is 0.0217. The number of rotatable bonds is 5. The summed E-state index contributed by atoms with van der Waals surface area (Å²) in [6, 6.07) is 60.9. The van der Waals surface area contributed by atoms with Gasteiger partial charge in [-0.3, -0.25) is 0 Å². The van der Waals surface area contributed by atoms with Gasteiger partial charge >= 0.3 is 0 Å². The van der Waals surface area contributed by atoms with Crippen molar-refractivity contribution in [3.63, 3.8) is 0 Å². The van der Waals surface area contributed by atoms with Crippen molar-refractivity contribution in [1.82, 2.24) is 14.5 Å². The normalized spacial score (nSPS) is 14.4. The van der Waals surface area contributed by atoms with Crippen molar-refractivity contribution < 1.29 is 0 Å². The zero-order valence-electron chi connectivity index (χ0n) is 27.2. The van der Waals surface area contributed by atoms with Crippen molar-refractivity contribution in [2.45, 2.75) is 6.29 Å². The van der Waals surface area contributed by atoms with Crippen LogP contribution >= 0.6 is 0 Å². The maximum atomic E-state index is 4.97. The summed E-state index contributed by atoms with van der Waals surface area (Å²) in [6.07, 6.45) is 3.71. The molecule has 236 valence electrons. The third-order valence-electron chi connectivity index (χ3n) is 10.0. The Kier molecular flexibility index (Phi) is 6.53. The predicted octanol–water partition coefficient (Wildman–Crippen LogP) is 11.4. The Hall–Kier alpha value is -6.65. The van der Waals surface area contributed by atoms with E-state index in [2.05, 4.69) is 190 Å². The average Bonchev–Trinajstić information content (AvgIpc) is 3.71. The predicted molar refractivity (Wildman–Crippen MR) is 210 cm³/mol. The lowest BCUT2D eigenvalue weighted by Crippen LogP contribution is -2.26. The van der Waals surface area contributed by atoms with Crippen LogP contribution in [0.3, 0.4) is 0 Å². The van der Waals surface area contributed by atoms with Crippen LogP contribution in [-0.2, 0) is 0 Å². The summed E-state index contributed by atoms with van der Waals surface area (Å²) in [6.45, 7) is 0. The van der Waals surface area contributed by atoms with Gasteiger partial charge in [0.05, 0.1) is 22.1 Å². The molecule has 4 heteroatoms. The summed E-state index contributed by atoms with van der Waals surface area (Å²) in [7, 11) is 0. The van der Waals surface area contributed by atoms with Gasteiger partial charge in [0.1, 0.15) is 0 Å². The Morgan fingerprint density at radius 1 is 0.420 bits per heavy atom. The lowest BCUT2D eigenvalue weighted by atomic mass is 9.98. The van der Waals surface area contributed by atoms with E-state index in [0.29, 0.717) is 0 Å². The summed E-state index contributed by atoms with van der Waals surface area (Å²) in [4.78, 5) is 4.97. The number of hydrogen-bond acceptors (Lipinski definition) is 2. The molecule has 50 heavy (non-hydrogen) atoms. The number of hydrogen-bond donors (Lipinski definition) is 1. The summed E-state index contributed by atoms with van der Waals surface area (Å²) >= 11 is 0. The molecule has 7 aromatic carbocycles. The summed E-state index contributed by atoms with van der Waals surface area (Å²) in [5, 5.41) is 8.71. The Morgan fingerprint density at radius 3 is 1.68 bits per heavy atom. The summed E-state index contributed by atoms with van der Waals surface area (Å²) in [5.41, 5.74) is 12.8. The van der Waals surface area contributed by atoms with Gasteiger partial charge in [-0.1, -0.05) is 127 Å². The zero-order valence-corrected chi connectivity index (χ0v) is 27.2. The van der Waals surface area contributed by atoms with Crippen LogP contribution in [0.5, 0.6) is 0 Å². The molecule has 1 aliphatic rings. The van der Waals surface area contributed by atoms with Gasteiger partial charge < -0.3 is 14.5 Å². The molecule has 4 nitrogen and oxygen atoms in total. The van der Waals surface area contributed by atoms with E-state index in [1.54, 1.807) is 0 Å². The van der Waals surface area contributed by atoms with Gasteiger partial charge in [-0.2, -0.15) is 0 Å². The Morgan fingerprint density at radius 2 is 0.960 bits per heavy atom. The number of nitrogens with one attached hydrogen (secondary N) is 1. The van der Waals surface area contributed by atoms with E-state index < -0.39 is 0 Å². The first-order valence-corrected chi connectivity index (χ1v) is 17.1. The molecule has 2 aromatic heterocycles. The van der Waals surface area contributed by atoms with E-state index in [0.717, 1.165) is 28.0 Å². The summed E-state index contributed by atoms with van der Waals surface area (Å²) < 4.78 is 4.71. The minimum Gasteiger partial charge on any atom is -0.346 e. The topological polar surface area (TPSA) is 34.2 Å². The van der Waals surface area contributed by atoms with Gasteiger partial charge in [0.15, 0.2) is 0 Å². The highest BCUT2D eigenvalue weighted by Crippen LogP contribution is 2.37. The lowest BCUT2D eigenvalue weighted by Gasteiger charge is -2.24. The first kappa shape index (κ1) is 28.4. The molecule has 0 amide bonds. The zero-order chi connectivity index (χ0) is 33.0. The minimum atomic E-state index is -0.301. The molecule has 0 fully saturated rings. The van der Waals surface area contributed by atoms with E-state index in [9.17, 15) is 0 Å². The van der Waals surface area contributed by atoms with Crippen molar-refractivity contribution >= 4 is 55.5 Å². The largest absolute Gasteiger partial charge is 0.346 e. The molecular formula is C46H32N4. The van der Waals surface area contributed by atoms with E-state index >= 15 is 0 Å². The third kappa shape index (κ3) is 4.57. The van der Waals surface area contributed by atoms with Crippen LogP contribution in [0.2, 0.25) is 0 Å². The molecule has 0 bridgehead atoms. The van der Waals surface area contributed by atoms with Crippen molar-refractivity contribution in [3.8, 4) is 27.9 Å². The maximum absolute atomic E-state index is 4.97. The standard InChI is InChI=1S/C46H32N4/c1-2-11-31(12-3-1)32-21-23-33(24-22-32)34-13-10-14-35(29-34)41-27-28-47-46(48-41)50-44-20-9-6-17-39(44)40-30-36(25-26-45(40)50)49-42-18-7-4-15-37(42)38-16-5-8-19-43(38)49/h1-30,46,48H. The van der Waals surface area contributed by atoms with Crippen molar-refractivity contribution in [2.24, 2.45) is 4.99 Å². The SMILES string of the molecule is C1=NC(n2c3ccccc3c3cc(-n4c5ccccc5c5ccccc54)ccc32)NC(c2cccc(-c3ccc(-c4ccccc4)cc3)c2)=C1. The second-order valence-corrected chi connectivity index (χ2v) is 12.9. The molecule has 3 heterocycles. The lowest BCUT2D eigenvalue weighted by molar-refractivity contribution is 0.510. The first-order valence-electron chi connectivity index (χ1n) is 17.1. The van der Waals surface area contributed by atoms with Crippen molar-refractivity contribution in [2.75, 3.05) is 0 Å². The van der Waals surface area contributed by atoms with Crippen LogP contribution in [0, 0.1) is 0 Å². The number of aliphatic imine (C=N–C) groups is 1. The van der Waals surface area contributed by atoms with Crippen molar-refractivity contribution in [3.05, 3.63) is 181 Å². The van der Waals surface area contributed by atoms with Gasteiger partial charge in [-0.05, 0) is 76.4 Å². The second-order valence-electron chi connectivity index (χ2n) is 12.9. The first-order chi connectivity index (χ1) is 24.8. The Balaban J connectivity index is 1.02. The molecule has 1 N–H and O–H groups in total. The highest BCUT2D eigenvalue weighted by Gasteiger charge is 2.21. The van der Waals surface area contributed by atoms with Gasteiger partial charge in [-0.15, -0.1) is 0 Å². The van der Waals surface area contributed by atoms with E-state index in [-0.39, 0.29) is 6.29 Å². The molecule has 0 saturated carbocycles. The molecule has 10 rings (SSSR count). The number of benzene rings is 7. The van der Waals surface area contributed by atoms with Crippen LogP contribution in [0.25, 0.3) is 77.2 Å². The molecule has 0 aliphatic carbocycles. The van der Waals surface area contributed by atoms with Crippen LogP contribution in [0.4, 0.5) is 0 Å². The van der Waals surface area contributed by atoms with Crippen LogP contribution < -0.4 is 5.32 Å². The fourth-order valence-electron chi connectivity index (χ4n) is 7.68. The number of fused-ring (bicyclic) bond motifs is 6. The van der Waals surface area contributed by atoms with Gasteiger partial charge in [0, 0.05) is 39.1 Å². The quantitative estimate of drug-likeness (QED) is 0.200. The molecule has 1 atom stereocenters. The van der Waals surface area contributed by atoms with Gasteiger partial charge in [0.2, 0.25) is 6.29 Å². The molecular weight excluding hydrogens is 609 g/mol. The number of para-hydroxylation sites is 3. The van der Waals surface area contributed by atoms with Crippen LogP contribution in [0.1, 0.15) is 11.9 Å². The fourth-order valence-corrected chi connectivity index (χ4v) is 7.68. The monoisotopic (exact) mass is 640 g/mol. The molecule has 1 aliphatic heterocycles. The molecule has 1 unspecified atom stereocenters. The smallest absolute Gasteiger partial charge is 0.200 e. The van der Waals surface area contributed by atoms with E-state index in [1.807, 2.05) is 6.21 Å². The average molecular weight is 641 g/mol. The van der Waals surface area contributed by atoms with Gasteiger partial charge in [0.25, 0.3) is 0 Å². The minimum absolute atomic E-state index is 0.301. The number of aromatic nitrogens is 2. The molecule has 0 saturated heterocycles. The number of allylic oxidation sites excluding steroid dienone is 1. The van der Waals surface area contributed by atoms with Crippen molar-refractivity contribution in [1.29, 1.82) is 0 Å². The summed E-state index contributed by atoms with van der Waals surface area (Å²) in [5.74, 6) is 0. The van der Waals surface area contributed by atoms with Crippen LogP contribution in [0.15, 0.2) is 181 Å². The Bertz CT molecular complexity index is 2730. The van der Waals surface area contributed by atoms with Crippen LogP contribution in [-0.4, -0.2) is 15.3 Å². The Labute approximate surface area is 289 Å². The van der Waals surface area contributed by atoms with E-state index in [4.69, 9.17) is 4.99 Å². The molecule has 9 aromatic rings. The molecule has 0 radical (unpaired) electrons. The third-order valence-corrected chi connectivity index (χ3v) is 10.0. The highest BCUT2D eigenvalue weighted by molar-refractivity contribution is 6.11. The highest BCUT2D eigenvalue weighted by atomic mass is 15.3.